The molecular weight excluding hydrogens is 414 g/mol. The third kappa shape index (κ3) is 6.02. The minimum Gasteiger partial charge on any atom is -0.456 e. The number of thiazole rings is 1. The second-order valence-electron chi connectivity index (χ2n) is 6.18. The molecule has 0 saturated heterocycles. The van der Waals surface area contributed by atoms with Crippen molar-refractivity contribution in [1.82, 2.24) is 4.98 Å². The third-order valence-corrected chi connectivity index (χ3v) is 4.73. The standard InChI is InChI=1S/C21H16F2N2O4S/c22-15-5-1-13(2-6-15)17-12-30-21(24-17)25-19(27)11-29-20(28)10-9-18(26)14-3-7-16(23)8-4-14/h1-8,12H,9-11H2,(H,24,25,27). The first-order valence-corrected chi connectivity index (χ1v) is 9.74. The van der Waals surface area contributed by atoms with Gasteiger partial charge in [0.05, 0.1) is 12.1 Å². The molecule has 3 rings (SSSR count). The van der Waals surface area contributed by atoms with E-state index >= 15 is 0 Å². The Balaban J connectivity index is 1.42. The third-order valence-electron chi connectivity index (χ3n) is 3.98. The number of anilines is 1. The van der Waals surface area contributed by atoms with Gasteiger partial charge in [-0.3, -0.25) is 19.7 Å². The molecule has 0 radical (unpaired) electrons. The van der Waals surface area contributed by atoms with Gasteiger partial charge in [0.15, 0.2) is 17.5 Å². The highest BCUT2D eigenvalue weighted by atomic mass is 32.1. The zero-order valence-corrected chi connectivity index (χ0v) is 16.4. The zero-order chi connectivity index (χ0) is 21.5. The highest BCUT2D eigenvalue weighted by Crippen LogP contribution is 2.25. The lowest BCUT2D eigenvalue weighted by molar-refractivity contribution is -0.147. The van der Waals surface area contributed by atoms with E-state index in [-0.39, 0.29) is 24.4 Å². The minimum atomic E-state index is -0.702. The first-order valence-electron chi connectivity index (χ1n) is 8.86. The number of nitrogens with zero attached hydrogens (tertiary/aromatic N) is 1. The van der Waals surface area contributed by atoms with Crippen molar-refractivity contribution >= 4 is 34.1 Å². The fourth-order valence-electron chi connectivity index (χ4n) is 2.45. The number of rotatable bonds is 8. The van der Waals surface area contributed by atoms with E-state index in [1.165, 1.54) is 35.6 Å². The van der Waals surface area contributed by atoms with Crippen molar-refractivity contribution in [1.29, 1.82) is 0 Å². The van der Waals surface area contributed by atoms with Gasteiger partial charge in [-0.1, -0.05) is 0 Å². The van der Waals surface area contributed by atoms with Crippen LogP contribution in [0.1, 0.15) is 23.2 Å². The highest BCUT2D eigenvalue weighted by molar-refractivity contribution is 7.14. The van der Waals surface area contributed by atoms with Gasteiger partial charge in [-0.2, -0.15) is 0 Å². The lowest BCUT2D eigenvalue weighted by Gasteiger charge is -2.05. The number of aromatic nitrogens is 1. The molecule has 1 heterocycles. The van der Waals surface area contributed by atoms with Gasteiger partial charge in [-0.25, -0.2) is 13.8 Å². The Morgan fingerprint density at radius 2 is 1.57 bits per heavy atom. The summed E-state index contributed by atoms with van der Waals surface area (Å²) in [5, 5.41) is 4.52. The van der Waals surface area contributed by atoms with Crippen LogP contribution >= 0.6 is 11.3 Å². The minimum absolute atomic E-state index is 0.112. The lowest BCUT2D eigenvalue weighted by atomic mass is 10.1. The predicted molar refractivity (Wildman–Crippen MR) is 107 cm³/mol. The SMILES string of the molecule is O=C(COC(=O)CCC(=O)c1ccc(F)cc1)Nc1nc(-c2ccc(F)cc2)cs1. The fourth-order valence-corrected chi connectivity index (χ4v) is 3.19. The summed E-state index contributed by atoms with van der Waals surface area (Å²) in [5.74, 6) is -2.42. The Bertz CT molecular complexity index is 1050. The number of hydrogen-bond acceptors (Lipinski definition) is 6. The summed E-state index contributed by atoms with van der Waals surface area (Å²) in [6.45, 7) is -0.519. The molecule has 0 aliphatic carbocycles. The van der Waals surface area contributed by atoms with Crippen molar-refractivity contribution in [2.75, 3.05) is 11.9 Å². The first kappa shape index (κ1) is 21.3. The van der Waals surface area contributed by atoms with E-state index in [9.17, 15) is 23.2 Å². The molecule has 0 saturated carbocycles. The number of Topliss-reactive ketones (excluding diaryl/α,β-unsaturated/α-hetero) is 1. The summed E-state index contributed by atoms with van der Waals surface area (Å²) >= 11 is 1.18. The van der Waals surface area contributed by atoms with Crippen molar-refractivity contribution in [3.8, 4) is 11.3 Å². The largest absolute Gasteiger partial charge is 0.456 e. The second-order valence-corrected chi connectivity index (χ2v) is 7.04. The number of hydrogen-bond donors (Lipinski definition) is 1. The Morgan fingerprint density at radius 1 is 0.933 bits per heavy atom. The molecule has 0 aliphatic heterocycles. The van der Waals surface area contributed by atoms with Gasteiger partial charge in [-0.05, 0) is 48.5 Å². The summed E-state index contributed by atoms with van der Waals surface area (Å²) in [7, 11) is 0. The van der Waals surface area contributed by atoms with Crippen LogP contribution in [0.5, 0.6) is 0 Å². The smallest absolute Gasteiger partial charge is 0.306 e. The number of amides is 1. The number of carbonyl (C=O) groups excluding carboxylic acids is 3. The number of ketones is 1. The van der Waals surface area contributed by atoms with E-state index in [4.69, 9.17) is 4.74 Å². The van der Waals surface area contributed by atoms with E-state index in [2.05, 4.69) is 10.3 Å². The van der Waals surface area contributed by atoms with E-state index < -0.39 is 24.3 Å². The van der Waals surface area contributed by atoms with Gasteiger partial charge >= 0.3 is 5.97 Å². The van der Waals surface area contributed by atoms with E-state index in [1.54, 1.807) is 17.5 Å². The molecule has 0 unspecified atom stereocenters. The Labute approximate surface area is 174 Å². The van der Waals surface area contributed by atoms with Gasteiger partial charge in [0.1, 0.15) is 11.6 Å². The van der Waals surface area contributed by atoms with Crippen molar-refractivity contribution in [2.45, 2.75) is 12.8 Å². The molecule has 0 fully saturated rings. The Kier molecular flexibility index (Phi) is 6.97. The molecule has 1 N–H and O–H groups in total. The zero-order valence-electron chi connectivity index (χ0n) is 15.6. The monoisotopic (exact) mass is 430 g/mol. The maximum Gasteiger partial charge on any atom is 0.306 e. The van der Waals surface area contributed by atoms with Crippen LogP contribution in [0, 0.1) is 11.6 Å². The van der Waals surface area contributed by atoms with Gasteiger partial charge in [-0.15, -0.1) is 11.3 Å². The summed E-state index contributed by atoms with van der Waals surface area (Å²) < 4.78 is 30.7. The normalized spacial score (nSPS) is 10.5. The lowest BCUT2D eigenvalue weighted by Crippen LogP contribution is -2.21. The molecule has 2 aromatic carbocycles. The average molecular weight is 430 g/mol. The molecular formula is C21H16F2N2O4S. The van der Waals surface area contributed by atoms with Gasteiger partial charge in [0.25, 0.3) is 5.91 Å². The molecule has 9 heteroatoms. The summed E-state index contributed by atoms with van der Waals surface area (Å²) in [5.41, 5.74) is 1.57. The second kappa shape index (κ2) is 9.84. The summed E-state index contributed by atoms with van der Waals surface area (Å²) in [6, 6.07) is 10.8. The topological polar surface area (TPSA) is 85.4 Å². The van der Waals surface area contributed by atoms with Crippen LogP contribution in [-0.4, -0.2) is 29.3 Å². The van der Waals surface area contributed by atoms with Crippen LogP contribution in [0.15, 0.2) is 53.9 Å². The molecule has 0 bridgehead atoms. The predicted octanol–water partition coefficient (Wildman–Crippen LogP) is 4.23. The van der Waals surface area contributed by atoms with Crippen molar-refractivity contribution in [3.63, 3.8) is 0 Å². The molecule has 3 aromatic rings. The maximum absolute atomic E-state index is 13.0. The molecule has 0 atom stereocenters. The molecule has 0 spiro atoms. The van der Waals surface area contributed by atoms with Crippen LogP contribution in [0.25, 0.3) is 11.3 Å². The summed E-state index contributed by atoms with van der Waals surface area (Å²) in [4.78, 5) is 39.8. The van der Waals surface area contributed by atoms with Crippen molar-refractivity contribution in [3.05, 3.63) is 71.1 Å². The van der Waals surface area contributed by atoms with E-state index in [0.717, 1.165) is 12.1 Å². The Hall–Kier alpha value is -3.46. The van der Waals surface area contributed by atoms with Gasteiger partial charge in [0.2, 0.25) is 0 Å². The molecule has 30 heavy (non-hydrogen) atoms. The average Bonchev–Trinajstić information content (AvgIpc) is 3.20. The van der Waals surface area contributed by atoms with Gasteiger partial charge < -0.3 is 4.74 Å². The van der Waals surface area contributed by atoms with Crippen LogP contribution in [0.4, 0.5) is 13.9 Å². The number of esters is 1. The number of benzene rings is 2. The Morgan fingerprint density at radius 3 is 2.23 bits per heavy atom. The number of halogens is 2. The van der Waals surface area contributed by atoms with E-state index in [1.807, 2.05) is 0 Å². The maximum atomic E-state index is 13.0. The van der Waals surface area contributed by atoms with Crippen molar-refractivity contribution < 1.29 is 27.9 Å². The fraction of sp³-hybridized carbons (Fsp3) is 0.143. The van der Waals surface area contributed by atoms with E-state index in [0.29, 0.717) is 22.0 Å². The molecule has 0 aliphatic rings. The number of ether oxygens (including phenoxy) is 1. The molecule has 1 aromatic heterocycles. The molecule has 1 amide bonds. The van der Waals surface area contributed by atoms with Crippen LogP contribution < -0.4 is 5.32 Å². The quantitative estimate of drug-likeness (QED) is 0.427. The van der Waals surface area contributed by atoms with Crippen molar-refractivity contribution in [2.24, 2.45) is 0 Å². The molecule has 154 valence electrons. The van der Waals surface area contributed by atoms with Crippen LogP contribution in [0.2, 0.25) is 0 Å². The highest BCUT2D eigenvalue weighted by Gasteiger charge is 2.13. The number of carbonyl (C=O) groups is 3. The van der Waals surface area contributed by atoms with Crippen LogP contribution in [-0.2, 0) is 14.3 Å². The number of nitrogens with one attached hydrogen (secondary N) is 1. The van der Waals surface area contributed by atoms with Crippen LogP contribution in [0.3, 0.4) is 0 Å². The summed E-state index contributed by atoms with van der Waals surface area (Å²) in [6.07, 6.45) is -0.310. The molecule has 6 nitrogen and oxygen atoms in total. The first-order chi connectivity index (χ1) is 14.4. The van der Waals surface area contributed by atoms with Gasteiger partial charge in [0, 0.05) is 22.9 Å².